The van der Waals surface area contributed by atoms with Gasteiger partial charge >= 0.3 is 0 Å². The fourth-order valence-corrected chi connectivity index (χ4v) is 1.33. The van der Waals surface area contributed by atoms with Crippen molar-refractivity contribution in [2.75, 3.05) is 6.61 Å². The van der Waals surface area contributed by atoms with Gasteiger partial charge in [0, 0.05) is 5.02 Å². The first-order valence-corrected chi connectivity index (χ1v) is 5.39. The van der Waals surface area contributed by atoms with Gasteiger partial charge in [-0.3, -0.25) is 4.79 Å². The van der Waals surface area contributed by atoms with Crippen molar-refractivity contribution in [1.82, 2.24) is 0 Å². The largest absolute Gasteiger partial charge is 0.493 e. The summed E-state index contributed by atoms with van der Waals surface area (Å²) in [7, 11) is 0. The minimum absolute atomic E-state index is 0.506. The second kappa shape index (κ2) is 5.76. The van der Waals surface area contributed by atoms with E-state index in [2.05, 4.69) is 13.8 Å². The predicted molar refractivity (Wildman–Crippen MR) is 61.8 cm³/mol. The van der Waals surface area contributed by atoms with Gasteiger partial charge in [-0.2, -0.15) is 0 Å². The average Bonchev–Trinajstić information content (AvgIpc) is 2.19. The van der Waals surface area contributed by atoms with Gasteiger partial charge in [-0.05, 0) is 30.5 Å². The molecule has 1 aromatic rings. The van der Waals surface area contributed by atoms with E-state index in [0.29, 0.717) is 28.9 Å². The Hall–Kier alpha value is -1.02. The highest BCUT2D eigenvalue weighted by atomic mass is 35.5. The molecule has 0 spiro atoms. The molecule has 0 N–H and O–H groups in total. The van der Waals surface area contributed by atoms with Crippen molar-refractivity contribution in [3.05, 3.63) is 28.8 Å². The molecule has 0 fully saturated rings. The number of hydrogen-bond donors (Lipinski definition) is 0. The first-order valence-electron chi connectivity index (χ1n) is 5.01. The van der Waals surface area contributed by atoms with E-state index in [-0.39, 0.29) is 0 Å². The van der Waals surface area contributed by atoms with Crippen LogP contribution < -0.4 is 4.74 Å². The topological polar surface area (TPSA) is 26.3 Å². The molecule has 0 saturated carbocycles. The SMILES string of the molecule is CC(C)CCOc1ccc(Cl)cc1C=O. The molecule has 0 atom stereocenters. The van der Waals surface area contributed by atoms with Crippen LogP contribution in [0.25, 0.3) is 0 Å². The summed E-state index contributed by atoms with van der Waals surface area (Å²) in [5.41, 5.74) is 0.506. The van der Waals surface area contributed by atoms with Gasteiger partial charge in [-0.1, -0.05) is 25.4 Å². The maximum absolute atomic E-state index is 10.7. The molecule has 0 heterocycles. The van der Waals surface area contributed by atoms with Gasteiger partial charge in [0.05, 0.1) is 12.2 Å². The number of rotatable bonds is 5. The second-order valence-electron chi connectivity index (χ2n) is 3.83. The zero-order valence-corrected chi connectivity index (χ0v) is 9.75. The number of carbonyl (C=O) groups excluding carboxylic acids is 1. The lowest BCUT2D eigenvalue weighted by molar-refractivity contribution is 0.111. The highest BCUT2D eigenvalue weighted by Gasteiger charge is 2.04. The van der Waals surface area contributed by atoms with Crippen LogP contribution in [-0.4, -0.2) is 12.9 Å². The van der Waals surface area contributed by atoms with Gasteiger partial charge in [0.15, 0.2) is 6.29 Å². The molecule has 1 rings (SSSR count). The van der Waals surface area contributed by atoms with E-state index in [4.69, 9.17) is 16.3 Å². The molecule has 3 heteroatoms. The molecule has 0 amide bonds. The molecule has 0 radical (unpaired) electrons. The molecule has 0 aliphatic heterocycles. The van der Waals surface area contributed by atoms with Crippen LogP contribution in [0.4, 0.5) is 0 Å². The van der Waals surface area contributed by atoms with Crippen molar-refractivity contribution in [2.45, 2.75) is 20.3 Å². The molecular formula is C12H15ClO2. The number of halogens is 1. The van der Waals surface area contributed by atoms with E-state index in [1.54, 1.807) is 18.2 Å². The van der Waals surface area contributed by atoms with Crippen LogP contribution in [-0.2, 0) is 0 Å². The van der Waals surface area contributed by atoms with Gasteiger partial charge in [-0.15, -0.1) is 0 Å². The Kier molecular flexibility index (Phi) is 4.63. The zero-order valence-electron chi connectivity index (χ0n) is 9.00. The second-order valence-corrected chi connectivity index (χ2v) is 4.27. The van der Waals surface area contributed by atoms with E-state index in [9.17, 15) is 4.79 Å². The van der Waals surface area contributed by atoms with Crippen molar-refractivity contribution in [3.8, 4) is 5.75 Å². The van der Waals surface area contributed by atoms with Crippen LogP contribution in [0.5, 0.6) is 5.75 Å². The van der Waals surface area contributed by atoms with E-state index >= 15 is 0 Å². The number of carbonyl (C=O) groups is 1. The molecule has 0 aliphatic carbocycles. The number of hydrogen-bond acceptors (Lipinski definition) is 2. The number of ether oxygens (including phenoxy) is 1. The fraction of sp³-hybridized carbons (Fsp3) is 0.417. The Labute approximate surface area is 95.2 Å². The van der Waals surface area contributed by atoms with E-state index in [1.165, 1.54) is 0 Å². The molecule has 1 aromatic carbocycles. The summed E-state index contributed by atoms with van der Waals surface area (Å²) in [6.07, 6.45) is 1.73. The Morgan fingerprint density at radius 3 is 2.80 bits per heavy atom. The van der Waals surface area contributed by atoms with Crippen molar-refractivity contribution in [2.24, 2.45) is 5.92 Å². The minimum Gasteiger partial charge on any atom is -0.493 e. The Morgan fingerprint density at radius 2 is 2.20 bits per heavy atom. The van der Waals surface area contributed by atoms with Crippen LogP contribution in [0.3, 0.4) is 0 Å². The summed E-state index contributed by atoms with van der Waals surface area (Å²) >= 11 is 5.77. The normalized spacial score (nSPS) is 10.4. The number of aldehydes is 1. The molecule has 0 bridgehead atoms. The van der Waals surface area contributed by atoms with E-state index in [1.807, 2.05) is 0 Å². The molecule has 0 aromatic heterocycles. The summed E-state index contributed by atoms with van der Waals surface area (Å²) in [6.45, 7) is 4.89. The van der Waals surface area contributed by atoms with Crippen molar-refractivity contribution in [3.63, 3.8) is 0 Å². The van der Waals surface area contributed by atoms with E-state index < -0.39 is 0 Å². The summed E-state index contributed by atoms with van der Waals surface area (Å²) in [6, 6.07) is 5.06. The van der Waals surface area contributed by atoms with Crippen LogP contribution in [0.15, 0.2) is 18.2 Å². The molecule has 0 unspecified atom stereocenters. The van der Waals surface area contributed by atoms with Crippen molar-refractivity contribution < 1.29 is 9.53 Å². The van der Waals surface area contributed by atoms with Gasteiger partial charge in [0.1, 0.15) is 5.75 Å². The molecular weight excluding hydrogens is 212 g/mol. The molecule has 2 nitrogen and oxygen atoms in total. The van der Waals surface area contributed by atoms with Crippen LogP contribution >= 0.6 is 11.6 Å². The van der Waals surface area contributed by atoms with Gasteiger partial charge in [0.25, 0.3) is 0 Å². The zero-order chi connectivity index (χ0) is 11.3. The maximum atomic E-state index is 10.7. The van der Waals surface area contributed by atoms with E-state index in [0.717, 1.165) is 12.7 Å². The lowest BCUT2D eigenvalue weighted by Gasteiger charge is -2.09. The smallest absolute Gasteiger partial charge is 0.153 e. The van der Waals surface area contributed by atoms with Crippen molar-refractivity contribution in [1.29, 1.82) is 0 Å². The number of benzene rings is 1. The molecule has 0 saturated heterocycles. The van der Waals surface area contributed by atoms with Gasteiger partial charge in [0.2, 0.25) is 0 Å². The first-order chi connectivity index (χ1) is 7.13. The maximum Gasteiger partial charge on any atom is 0.153 e. The quantitative estimate of drug-likeness (QED) is 0.718. The monoisotopic (exact) mass is 226 g/mol. The Bertz CT molecular complexity index is 334. The van der Waals surface area contributed by atoms with Gasteiger partial charge in [-0.25, -0.2) is 0 Å². The molecule has 82 valence electrons. The van der Waals surface area contributed by atoms with Crippen LogP contribution in [0.1, 0.15) is 30.6 Å². The highest BCUT2D eigenvalue weighted by Crippen LogP contribution is 2.21. The average molecular weight is 227 g/mol. The third kappa shape index (κ3) is 3.92. The van der Waals surface area contributed by atoms with Gasteiger partial charge < -0.3 is 4.74 Å². The Balaban J connectivity index is 2.64. The summed E-state index contributed by atoms with van der Waals surface area (Å²) in [5, 5.41) is 0.549. The van der Waals surface area contributed by atoms with Crippen LogP contribution in [0.2, 0.25) is 5.02 Å². The van der Waals surface area contributed by atoms with Crippen LogP contribution in [0, 0.1) is 5.92 Å². The predicted octanol–water partition coefficient (Wildman–Crippen LogP) is 3.58. The lowest BCUT2D eigenvalue weighted by atomic mass is 10.1. The Morgan fingerprint density at radius 1 is 1.47 bits per heavy atom. The third-order valence-corrected chi connectivity index (χ3v) is 2.29. The standard InChI is InChI=1S/C12H15ClO2/c1-9(2)5-6-15-12-4-3-11(13)7-10(12)8-14/h3-4,7-9H,5-6H2,1-2H3. The summed E-state index contributed by atoms with van der Waals surface area (Å²) in [4.78, 5) is 10.7. The highest BCUT2D eigenvalue weighted by molar-refractivity contribution is 6.30. The first kappa shape index (κ1) is 12.1. The summed E-state index contributed by atoms with van der Waals surface area (Å²) in [5.74, 6) is 1.20. The van der Waals surface area contributed by atoms with Crippen molar-refractivity contribution >= 4 is 17.9 Å². The molecule has 0 aliphatic rings. The third-order valence-electron chi connectivity index (χ3n) is 2.05. The minimum atomic E-state index is 0.506. The lowest BCUT2D eigenvalue weighted by Crippen LogP contribution is -2.03. The molecule has 15 heavy (non-hydrogen) atoms. The summed E-state index contributed by atoms with van der Waals surface area (Å²) < 4.78 is 5.50. The fourth-order valence-electron chi connectivity index (χ4n) is 1.15.